The van der Waals surface area contributed by atoms with Gasteiger partial charge >= 0.3 is 0 Å². The highest BCUT2D eigenvalue weighted by Gasteiger charge is 2.35. The van der Waals surface area contributed by atoms with Crippen molar-refractivity contribution >= 4 is 11.8 Å². The third kappa shape index (κ3) is 3.79. The molecule has 0 heterocycles. The Morgan fingerprint density at radius 3 is 2.57 bits per heavy atom. The van der Waals surface area contributed by atoms with Crippen LogP contribution in [0.4, 0.5) is 0 Å². The van der Waals surface area contributed by atoms with Crippen LogP contribution in [0.5, 0.6) is 0 Å². The van der Waals surface area contributed by atoms with Gasteiger partial charge in [-0.1, -0.05) is 6.42 Å². The molecule has 0 amide bonds. The van der Waals surface area contributed by atoms with E-state index in [0.717, 1.165) is 19.4 Å². The van der Waals surface area contributed by atoms with Crippen LogP contribution in [0.2, 0.25) is 0 Å². The van der Waals surface area contributed by atoms with Crippen LogP contribution < -0.4 is 5.32 Å². The SMILES string of the molecule is CSC1(CNCCCCCO)CCC1. The highest BCUT2D eigenvalue weighted by Crippen LogP contribution is 2.42. The number of aliphatic hydroxyl groups excluding tert-OH is 1. The van der Waals surface area contributed by atoms with Crippen molar-refractivity contribution in [3.05, 3.63) is 0 Å². The summed E-state index contributed by atoms with van der Waals surface area (Å²) >= 11 is 2.02. The van der Waals surface area contributed by atoms with E-state index < -0.39 is 0 Å². The Labute approximate surface area is 91.9 Å². The summed E-state index contributed by atoms with van der Waals surface area (Å²) in [7, 11) is 0. The monoisotopic (exact) mass is 217 g/mol. The number of thioether (sulfide) groups is 1. The van der Waals surface area contributed by atoms with E-state index in [0.29, 0.717) is 11.4 Å². The maximum absolute atomic E-state index is 8.61. The van der Waals surface area contributed by atoms with Gasteiger partial charge in [0.2, 0.25) is 0 Å². The van der Waals surface area contributed by atoms with Crippen molar-refractivity contribution in [3.8, 4) is 0 Å². The van der Waals surface area contributed by atoms with Gasteiger partial charge in [-0.3, -0.25) is 0 Å². The van der Waals surface area contributed by atoms with E-state index in [2.05, 4.69) is 11.6 Å². The maximum atomic E-state index is 8.61. The van der Waals surface area contributed by atoms with Gasteiger partial charge in [0.25, 0.3) is 0 Å². The molecule has 2 N–H and O–H groups in total. The fourth-order valence-electron chi connectivity index (χ4n) is 1.88. The minimum Gasteiger partial charge on any atom is -0.396 e. The number of nitrogens with one attached hydrogen (secondary N) is 1. The molecule has 0 radical (unpaired) electrons. The van der Waals surface area contributed by atoms with Gasteiger partial charge in [0.05, 0.1) is 0 Å². The summed E-state index contributed by atoms with van der Waals surface area (Å²) < 4.78 is 0.566. The molecule has 14 heavy (non-hydrogen) atoms. The first kappa shape index (κ1) is 12.3. The first-order valence-electron chi connectivity index (χ1n) is 5.70. The van der Waals surface area contributed by atoms with Crippen LogP contribution in [0.15, 0.2) is 0 Å². The molecule has 0 aliphatic heterocycles. The molecular weight excluding hydrogens is 194 g/mol. The van der Waals surface area contributed by atoms with Gasteiger partial charge in [-0.15, -0.1) is 0 Å². The Bertz CT molecular complexity index is 143. The molecule has 0 saturated heterocycles. The lowest BCUT2D eigenvalue weighted by atomic mass is 9.84. The molecule has 0 atom stereocenters. The molecule has 1 rings (SSSR count). The lowest BCUT2D eigenvalue weighted by Gasteiger charge is -2.40. The second-order valence-corrected chi connectivity index (χ2v) is 5.48. The Hall–Kier alpha value is 0.270. The Balaban J connectivity index is 1.92. The summed E-state index contributed by atoms with van der Waals surface area (Å²) in [5.74, 6) is 0. The largest absolute Gasteiger partial charge is 0.396 e. The number of aliphatic hydroxyl groups is 1. The van der Waals surface area contributed by atoms with Crippen molar-refractivity contribution in [2.45, 2.75) is 43.3 Å². The zero-order chi connectivity index (χ0) is 10.3. The Kier molecular flexibility index (Phi) is 5.90. The molecule has 0 spiro atoms. The van der Waals surface area contributed by atoms with Gasteiger partial charge < -0.3 is 10.4 Å². The predicted octanol–water partition coefficient (Wildman–Crippen LogP) is 2.02. The van der Waals surface area contributed by atoms with E-state index in [4.69, 9.17) is 5.11 Å². The number of hydrogen-bond acceptors (Lipinski definition) is 3. The minimum atomic E-state index is 0.342. The lowest BCUT2D eigenvalue weighted by Crippen LogP contribution is -2.43. The van der Waals surface area contributed by atoms with Gasteiger partial charge in [-0.2, -0.15) is 11.8 Å². The first-order chi connectivity index (χ1) is 6.83. The number of rotatable bonds is 8. The van der Waals surface area contributed by atoms with Crippen LogP contribution in [-0.2, 0) is 0 Å². The zero-order valence-electron chi connectivity index (χ0n) is 9.22. The van der Waals surface area contributed by atoms with Crippen molar-refractivity contribution < 1.29 is 5.11 Å². The molecule has 1 aliphatic carbocycles. The summed E-state index contributed by atoms with van der Waals surface area (Å²) in [5.41, 5.74) is 0. The summed E-state index contributed by atoms with van der Waals surface area (Å²) in [6.07, 6.45) is 9.71. The molecule has 3 heteroatoms. The summed E-state index contributed by atoms with van der Waals surface area (Å²) in [5, 5.41) is 12.1. The number of unbranched alkanes of at least 4 members (excludes halogenated alkanes) is 2. The normalized spacial score (nSPS) is 19.3. The molecule has 1 fully saturated rings. The smallest absolute Gasteiger partial charge is 0.0431 e. The summed E-state index contributed by atoms with van der Waals surface area (Å²) in [6.45, 7) is 2.63. The van der Waals surface area contributed by atoms with Crippen LogP contribution in [0, 0.1) is 0 Å². The van der Waals surface area contributed by atoms with Gasteiger partial charge in [0, 0.05) is 17.9 Å². The fourth-order valence-corrected chi connectivity index (χ4v) is 2.82. The second kappa shape index (κ2) is 6.70. The molecule has 0 aromatic heterocycles. The Morgan fingerprint density at radius 1 is 1.29 bits per heavy atom. The molecule has 1 aliphatic rings. The lowest BCUT2D eigenvalue weighted by molar-refractivity contribution is 0.282. The van der Waals surface area contributed by atoms with Crippen LogP contribution >= 0.6 is 11.8 Å². The topological polar surface area (TPSA) is 32.3 Å². The van der Waals surface area contributed by atoms with E-state index in [1.807, 2.05) is 11.8 Å². The van der Waals surface area contributed by atoms with Crippen LogP contribution in [0.1, 0.15) is 38.5 Å². The molecule has 84 valence electrons. The van der Waals surface area contributed by atoms with Crippen molar-refractivity contribution in [2.75, 3.05) is 26.0 Å². The Morgan fingerprint density at radius 2 is 2.07 bits per heavy atom. The zero-order valence-corrected chi connectivity index (χ0v) is 10.0. The van der Waals surface area contributed by atoms with E-state index in [9.17, 15) is 0 Å². The van der Waals surface area contributed by atoms with Crippen LogP contribution in [0.3, 0.4) is 0 Å². The molecule has 0 unspecified atom stereocenters. The van der Waals surface area contributed by atoms with Crippen molar-refractivity contribution in [1.82, 2.24) is 5.32 Å². The van der Waals surface area contributed by atoms with Crippen LogP contribution in [0.25, 0.3) is 0 Å². The van der Waals surface area contributed by atoms with E-state index in [1.54, 1.807) is 0 Å². The molecule has 0 bridgehead atoms. The van der Waals surface area contributed by atoms with Gasteiger partial charge in [-0.25, -0.2) is 0 Å². The third-order valence-corrected chi connectivity index (χ3v) is 4.58. The van der Waals surface area contributed by atoms with Gasteiger partial charge in [0.1, 0.15) is 0 Å². The van der Waals surface area contributed by atoms with Crippen molar-refractivity contribution in [3.63, 3.8) is 0 Å². The molecule has 1 saturated carbocycles. The van der Waals surface area contributed by atoms with Gasteiger partial charge in [0.15, 0.2) is 0 Å². The quantitative estimate of drug-likeness (QED) is 0.610. The molecular formula is C11H23NOS. The summed E-state index contributed by atoms with van der Waals surface area (Å²) in [6, 6.07) is 0. The highest BCUT2D eigenvalue weighted by atomic mass is 32.2. The maximum Gasteiger partial charge on any atom is 0.0431 e. The minimum absolute atomic E-state index is 0.342. The molecule has 0 aromatic rings. The second-order valence-electron chi connectivity index (χ2n) is 4.20. The van der Waals surface area contributed by atoms with E-state index in [1.165, 1.54) is 32.2 Å². The van der Waals surface area contributed by atoms with Crippen molar-refractivity contribution in [2.24, 2.45) is 0 Å². The average molecular weight is 217 g/mol. The van der Waals surface area contributed by atoms with E-state index in [-0.39, 0.29) is 0 Å². The fraction of sp³-hybridized carbons (Fsp3) is 1.00. The predicted molar refractivity (Wildman–Crippen MR) is 63.9 cm³/mol. The standard InChI is InChI=1S/C11H23NOS/c1-14-11(6-5-7-11)10-12-8-3-2-4-9-13/h12-13H,2-10H2,1H3. The number of hydrogen-bond donors (Lipinski definition) is 2. The average Bonchev–Trinajstić information content (AvgIpc) is 2.15. The van der Waals surface area contributed by atoms with E-state index >= 15 is 0 Å². The summed E-state index contributed by atoms with van der Waals surface area (Å²) in [4.78, 5) is 0. The first-order valence-corrected chi connectivity index (χ1v) is 6.92. The highest BCUT2D eigenvalue weighted by molar-refractivity contribution is 8.00. The third-order valence-electron chi connectivity index (χ3n) is 3.16. The van der Waals surface area contributed by atoms with Gasteiger partial charge in [-0.05, 0) is 44.9 Å². The molecule has 0 aromatic carbocycles. The van der Waals surface area contributed by atoms with Crippen LogP contribution in [-0.4, -0.2) is 35.8 Å². The van der Waals surface area contributed by atoms with Crippen molar-refractivity contribution in [1.29, 1.82) is 0 Å². The molecule has 2 nitrogen and oxygen atoms in total.